The van der Waals surface area contributed by atoms with Crippen molar-refractivity contribution < 1.29 is 9.18 Å². The fourth-order valence-electron chi connectivity index (χ4n) is 2.78. The Morgan fingerprint density at radius 1 is 1.48 bits per heavy atom. The highest BCUT2D eigenvalue weighted by atomic mass is 19.1. The third-order valence-electron chi connectivity index (χ3n) is 3.98. The monoisotopic (exact) mass is 292 g/mol. The van der Waals surface area contributed by atoms with E-state index in [4.69, 9.17) is 0 Å². The van der Waals surface area contributed by atoms with E-state index in [2.05, 4.69) is 12.2 Å². The van der Waals surface area contributed by atoms with Gasteiger partial charge in [0.25, 0.3) is 0 Å². The van der Waals surface area contributed by atoms with Crippen molar-refractivity contribution in [3.05, 3.63) is 35.6 Å². The normalized spacial score (nSPS) is 17.9. The van der Waals surface area contributed by atoms with E-state index < -0.39 is 0 Å². The third-order valence-corrected chi connectivity index (χ3v) is 3.98. The van der Waals surface area contributed by atoms with Gasteiger partial charge in [0.05, 0.1) is 6.42 Å². The fourth-order valence-corrected chi connectivity index (χ4v) is 2.78. The van der Waals surface area contributed by atoms with Crippen LogP contribution in [-0.4, -0.2) is 36.5 Å². The van der Waals surface area contributed by atoms with Gasteiger partial charge in [-0.3, -0.25) is 4.79 Å². The molecule has 0 saturated carbocycles. The number of halogens is 1. The molecule has 1 aliphatic heterocycles. The van der Waals surface area contributed by atoms with Gasteiger partial charge in [-0.05, 0) is 43.5 Å². The number of carbonyl (C=O) groups excluding carboxylic acids is 1. The maximum absolute atomic E-state index is 13.2. The van der Waals surface area contributed by atoms with Gasteiger partial charge in [-0.1, -0.05) is 25.5 Å². The van der Waals surface area contributed by atoms with Gasteiger partial charge in [-0.25, -0.2) is 4.39 Å². The molecule has 1 aromatic carbocycles. The van der Waals surface area contributed by atoms with Crippen LogP contribution in [0.15, 0.2) is 24.3 Å². The van der Waals surface area contributed by atoms with Crippen LogP contribution in [0.1, 0.15) is 38.2 Å². The van der Waals surface area contributed by atoms with Gasteiger partial charge in [0.1, 0.15) is 5.82 Å². The molecule has 1 aromatic rings. The lowest BCUT2D eigenvalue weighted by atomic mass is 10.1. The smallest absolute Gasteiger partial charge is 0.227 e. The highest BCUT2D eigenvalue weighted by Gasteiger charge is 2.21. The summed E-state index contributed by atoms with van der Waals surface area (Å²) in [5, 5.41) is 3.44. The van der Waals surface area contributed by atoms with Crippen LogP contribution in [0.3, 0.4) is 0 Å². The van der Waals surface area contributed by atoms with E-state index in [9.17, 15) is 9.18 Å². The SMILES string of the molecule is CCCCN(CC1CCCN1)C(=O)Cc1cccc(F)c1. The Labute approximate surface area is 126 Å². The van der Waals surface area contributed by atoms with Crippen molar-refractivity contribution in [3.63, 3.8) is 0 Å². The Balaban J connectivity index is 1.95. The van der Waals surface area contributed by atoms with Crippen LogP contribution in [0.25, 0.3) is 0 Å². The molecule has 1 amide bonds. The van der Waals surface area contributed by atoms with Crippen LogP contribution in [0, 0.1) is 5.82 Å². The molecule has 1 N–H and O–H groups in total. The van der Waals surface area contributed by atoms with Crippen LogP contribution in [0.2, 0.25) is 0 Å². The summed E-state index contributed by atoms with van der Waals surface area (Å²) in [6.45, 7) is 4.74. The van der Waals surface area contributed by atoms with E-state index in [0.717, 1.165) is 44.5 Å². The summed E-state index contributed by atoms with van der Waals surface area (Å²) in [5.41, 5.74) is 0.751. The molecular formula is C17H25FN2O. The first-order valence-electron chi connectivity index (χ1n) is 7.94. The third kappa shape index (κ3) is 5.12. The summed E-state index contributed by atoms with van der Waals surface area (Å²) in [4.78, 5) is 14.4. The first kappa shape index (κ1) is 16.0. The highest BCUT2D eigenvalue weighted by Crippen LogP contribution is 2.11. The number of nitrogens with one attached hydrogen (secondary N) is 1. The minimum absolute atomic E-state index is 0.0998. The first-order valence-corrected chi connectivity index (χ1v) is 7.94. The molecular weight excluding hydrogens is 267 g/mol. The zero-order valence-corrected chi connectivity index (χ0v) is 12.8. The molecule has 116 valence electrons. The summed E-state index contributed by atoms with van der Waals surface area (Å²) in [7, 11) is 0. The number of carbonyl (C=O) groups is 1. The molecule has 3 nitrogen and oxygen atoms in total. The lowest BCUT2D eigenvalue weighted by molar-refractivity contribution is -0.130. The Hall–Kier alpha value is -1.42. The number of unbranched alkanes of at least 4 members (excludes halogenated alkanes) is 1. The van der Waals surface area contributed by atoms with Gasteiger partial charge < -0.3 is 10.2 Å². The Kier molecular flexibility index (Phi) is 6.18. The first-order chi connectivity index (χ1) is 10.2. The van der Waals surface area contributed by atoms with Gasteiger partial charge in [0, 0.05) is 19.1 Å². The second-order valence-electron chi connectivity index (χ2n) is 5.79. The van der Waals surface area contributed by atoms with E-state index in [1.807, 2.05) is 11.0 Å². The van der Waals surface area contributed by atoms with Crippen LogP contribution in [0.5, 0.6) is 0 Å². The Bertz CT molecular complexity index is 458. The predicted octanol–water partition coefficient (Wildman–Crippen LogP) is 2.75. The van der Waals surface area contributed by atoms with E-state index >= 15 is 0 Å². The zero-order valence-electron chi connectivity index (χ0n) is 12.8. The summed E-state index contributed by atoms with van der Waals surface area (Å²) >= 11 is 0. The molecule has 1 unspecified atom stereocenters. The zero-order chi connectivity index (χ0) is 15.1. The molecule has 1 atom stereocenters. The lowest BCUT2D eigenvalue weighted by Crippen LogP contribution is -2.42. The van der Waals surface area contributed by atoms with Crippen LogP contribution < -0.4 is 5.32 Å². The van der Waals surface area contributed by atoms with Gasteiger partial charge in [-0.2, -0.15) is 0 Å². The topological polar surface area (TPSA) is 32.3 Å². The molecule has 1 fully saturated rings. The average Bonchev–Trinajstić information content (AvgIpc) is 2.96. The lowest BCUT2D eigenvalue weighted by Gasteiger charge is -2.26. The Morgan fingerprint density at radius 2 is 2.33 bits per heavy atom. The standard InChI is InChI=1S/C17H25FN2O/c1-2-3-10-20(13-16-8-5-9-19-16)17(21)12-14-6-4-7-15(18)11-14/h4,6-7,11,16,19H,2-3,5,8-10,12-13H2,1H3. The van der Waals surface area contributed by atoms with Gasteiger partial charge >= 0.3 is 0 Å². The second-order valence-corrected chi connectivity index (χ2v) is 5.79. The molecule has 4 heteroatoms. The summed E-state index contributed by atoms with van der Waals surface area (Å²) in [6.07, 6.45) is 4.69. The minimum Gasteiger partial charge on any atom is -0.341 e. The van der Waals surface area contributed by atoms with E-state index in [0.29, 0.717) is 6.04 Å². The average molecular weight is 292 g/mol. The molecule has 1 saturated heterocycles. The maximum atomic E-state index is 13.2. The quantitative estimate of drug-likeness (QED) is 0.838. The second kappa shape index (κ2) is 8.13. The number of benzene rings is 1. The number of hydrogen-bond donors (Lipinski definition) is 1. The van der Waals surface area contributed by atoms with Crippen LogP contribution in [0.4, 0.5) is 4.39 Å². The maximum Gasteiger partial charge on any atom is 0.227 e. The number of rotatable bonds is 7. The molecule has 1 heterocycles. The van der Waals surface area contributed by atoms with E-state index in [1.54, 1.807) is 6.07 Å². The summed E-state index contributed by atoms with van der Waals surface area (Å²) in [6, 6.07) is 6.74. The molecule has 0 aromatic heterocycles. The van der Waals surface area contributed by atoms with Crippen molar-refractivity contribution in [3.8, 4) is 0 Å². The number of nitrogens with zero attached hydrogens (tertiary/aromatic N) is 1. The summed E-state index contributed by atoms with van der Waals surface area (Å²) in [5.74, 6) is -0.180. The van der Waals surface area contributed by atoms with Crippen LogP contribution in [-0.2, 0) is 11.2 Å². The fraction of sp³-hybridized carbons (Fsp3) is 0.588. The van der Waals surface area contributed by atoms with Crippen molar-refractivity contribution in [2.75, 3.05) is 19.6 Å². The van der Waals surface area contributed by atoms with Gasteiger partial charge in [0.15, 0.2) is 0 Å². The molecule has 0 radical (unpaired) electrons. The minimum atomic E-state index is -0.280. The van der Waals surface area contributed by atoms with Gasteiger partial charge in [-0.15, -0.1) is 0 Å². The molecule has 0 bridgehead atoms. The van der Waals surface area contributed by atoms with Crippen molar-refractivity contribution in [1.82, 2.24) is 10.2 Å². The van der Waals surface area contributed by atoms with Crippen molar-refractivity contribution in [2.45, 2.75) is 45.1 Å². The molecule has 1 aliphatic rings. The van der Waals surface area contributed by atoms with Crippen molar-refractivity contribution >= 4 is 5.91 Å². The molecule has 0 spiro atoms. The highest BCUT2D eigenvalue weighted by molar-refractivity contribution is 5.78. The Morgan fingerprint density at radius 3 is 3.00 bits per heavy atom. The van der Waals surface area contributed by atoms with E-state index in [1.165, 1.54) is 18.6 Å². The molecule has 2 rings (SSSR count). The van der Waals surface area contributed by atoms with Gasteiger partial charge in [0.2, 0.25) is 5.91 Å². The molecule has 0 aliphatic carbocycles. The predicted molar refractivity (Wildman–Crippen MR) is 82.6 cm³/mol. The largest absolute Gasteiger partial charge is 0.341 e. The van der Waals surface area contributed by atoms with E-state index in [-0.39, 0.29) is 18.1 Å². The van der Waals surface area contributed by atoms with Crippen LogP contribution >= 0.6 is 0 Å². The number of amides is 1. The summed E-state index contributed by atoms with van der Waals surface area (Å²) < 4.78 is 13.2. The number of hydrogen-bond acceptors (Lipinski definition) is 2. The van der Waals surface area contributed by atoms with Crippen molar-refractivity contribution in [2.24, 2.45) is 0 Å². The van der Waals surface area contributed by atoms with Crippen molar-refractivity contribution in [1.29, 1.82) is 0 Å². The molecule has 21 heavy (non-hydrogen) atoms.